The summed E-state index contributed by atoms with van der Waals surface area (Å²) in [5.74, 6) is 0.0696. The summed E-state index contributed by atoms with van der Waals surface area (Å²) in [5, 5.41) is 3.63. The Kier molecular flexibility index (Phi) is 5.80. The Bertz CT molecular complexity index is 542. The van der Waals surface area contributed by atoms with Crippen molar-refractivity contribution in [1.29, 1.82) is 0 Å². The van der Waals surface area contributed by atoms with E-state index in [1.807, 2.05) is 31.2 Å². The first-order valence-corrected chi connectivity index (χ1v) is 7.87. The van der Waals surface area contributed by atoms with Gasteiger partial charge in [-0.05, 0) is 18.6 Å². The van der Waals surface area contributed by atoms with Gasteiger partial charge in [-0.15, -0.1) is 0 Å². The summed E-state index contributed by atoms with van der Waals surface area (Å²) in [5.41, 5.74) is 0.916. The van der Waals surface area contributed by atoms with Gasteiger partial charge in [0.25, 0.3) is 0 Å². The minimum atomic E-state index is -0.125. The lowest BCUT2D eigenvalue weighted by molar-refractivity contribution is -0.131. The third-order valence-corrected chi connectivity index (χ3v) is 4.28. The van der Waals surface area contributed by atoms with Crippen molar-refractivity contribution in [3.05, 3.63) is 34.9 Å². The van der Waals surface area contributed by atoms with E-state index in [2.05, 4.69) is 10.2 Å². The van der Waals surface area contributed by atoms with Crippen LogP contribution in [0.4, 0.5) is 0 Å². The van der Waals surface area contributed by atoms with Crippen LogP contribution in [0, 0.1) is 0 Å². The Labute approximate surface area is 136 Å². The first kappa shape index (κ1) is 16.8. The summed E-state index contributed by atoms with van der Waals surface area (Å²) in [7, 11) is 0. The SMILES string of the molecule is CC(=O)N1CCN(CC(=O)N[C@@H](C)c2ccccc2Cl)CC1. The molecule has 5 nitrogen and oxygen atoms in total. The first-order chi connectivity index (χ1) is 10.5. The van der Waals surface area contributed by atoms with Crippen LogP contribution in [-0.2, 0) is 9.59 Å². The van der Waals surface area contributed by atoms with E-state index in [9.17, 15) is 9.59 Å². The van der Waals surface area contributed by atoms with E-state index in [1.165, 1.54) is 0 Å². The summed E-state index contributed by atoms with van der Waals surface area (Å²) in [4.78, 5) is 27.3. The van der Waals surface area contributed by atoms with Crippen molar-refractivity contribution in [2.45, 2.75) is 19.9 Å². The topological polar surface area (TPSA) is 52.7 Å². The zero-order chi connectivity index (χ0) is 16.1. The van der Waals surface area contributed by atoms with Gasteiger partial charge in [0.15, 0.2) is 0 Å². The number of halogens is 1. The van der Waals surface area contributed by atoms with E-state index in [0.717, 1.165) is 18.7 Å². The molecule has 1 aliphatic heterocycles. The molecule has 22 heavy (non-hydrogen) atoms. The van der Waals surface area contributed by atoms with Crippen LogP contribution >= 0.6 is 11.6 Å². The van der Waals surface area contributed by atoms with Gasteiger partial charge in [-0.3, -0.25) is 14.5 Å². The minimum Gasteiger partial charge on any atom is -0.348 e. The van der Waals surface area contributed by atoms with Crippen molar-refractivity contribution >= 4 is 23.4 Å². The van der Waals surface area contributed by atoms with Crippen LogP contribution in [0.1, 0.15) is 25.5 Å². The predicted octanol–water partition coefficient (Wildman–Crippen LogP) is 1.68. The normalized spacial score (nSPS) is 17.1. The van der Waals surface area contributed by atoms with Crippen LogP contribution in [0.15, 0.2) is 24.3 Å². The first-order valence-electron chi connectivity index (χ1n) is 7.49. The van der Waals surface area contributed by atoms with Crippen molar-refractivity contribution in [3.63, 3.8) is 0 Å². The summed E-state index contributed by atoms with van der Waals surface area (Å²) >= 11 is 6.14. The van der Waals surface area contributed by atoms with Crippen LogP contribution < -0.4 is 5.32 Å². The van der Waals surface area contributed by atoms with Gasteiger partial charge >= 0.3 is 0 Å². The fourth-order valence-corrected chi connectivity index (χ4v) is 2.91. The van der Waals surface area contributed by atoms with Gasteiger partial charge in [-0.1, -0.05) is 29.8 Å². The number of amides is 2. The zero-order valence-electron chi connectivity index (χ0n) is 13.0. The maximum absolute atomic E-state index is 12.1. The van der Waals surface area contributed by atoms with Crippen LogP contribution in [0.25, 0.3) is 0 Å². The number of benzene rings is 1. The second-order valence-electron chi connectivity index (χ2n) is 5.59. The molecule has 1 heterocycles. The van der Waals surface area contributed by atoms with Gasteiger partial charge in [-0.2, -0.15) is 0 Å². The number of carbonyl (C=O) groups excluding carboxylic acids is 2. The summed E-state index contributed by atoms with van der Waals surface area (Å²) < 4.78 is 0. The second-order valence-corrected chi connectivity index (χ2v) is 6.00. The molecule has 0 unspecified atom stereocenters. The lowest BCUT2D eigenvalue weighted by atomic mass is 10.1. The Morgan fingerprint density at radius 1 is 1.23 bits per heavy atom. The Hall–Kier alpha value is -1.59. The summed E-state index contributed by atoms with van der Waals surface area (Å²) in [6.45, 7) is 6.67. The molecule has 2 rings (SSSR count). The van der Waals surface area contributed by atoms with Crippen molar-refractivity contribution < 1.29 is 9.59 Å². The summed E-state index contributed by atoms with van der Waals surface area (Å²) in [6.07, 6.45) is 0. The van der Waals surface area contributed by atoms with Crippen molar-refractivity contribution in [1.82, 2.24) is 15.1 Å². The molecule has 6 heteroatoms. The van der Waals surface area contributed by atoms with Crippen LogP contribution in [0.2, 0.25) is 5.02 Å². The van der Waals surface area contributed by atoms with Crippen molar-refractivity contribution in [3.8, 4) is 0 Å². The van der Waals surface area contributed by atoms with E-state index in [4.69, 9.17) is 11.6 Å². The molecule has 0 saturated carbocycles. The Balaban J connectivity index is 1.81. The molecular formula is C16H22ClN3O2. The number of carbonyl (C=O) groups is 2. The van der Waals surface area contributed by atoms with E-state index in [1.54, 1.807) is 11.8 Å². The number of rotatable bonds is 4. The molecule has 1 saturated heterocycles. The number of piperazine rings is 1. The molecule has 0 spiro atoms. The molecule has 1 aromatic rings. The molecule has 0 radical (unpaired) electrons. The maximum atomic E-state index is 12.1. The maximum Gasteiger partial charge on any atom is 0.234 e. The van der Waals surface area contributed by atoms with Gasteiger partial charge in [-0.25, -0.2) is 0 Å². The molecule has 1 N–H and O–H groups in total. The average molecular weight is 324 g/mol. The van der Waals surface area contributed by atoms with E-state index >= 15 is 0 Å². The highest BCUT2D eigenvalue weighted by atomic mass is 35.5. The van der Waals surface area contributed by atoms with Gasteiger partial charge in [0.05, 0.1) is 12.6 Å². The standard InChI is InChI=1S/C16H22ClN3O2/c1-12(14-5-3-4-6-15(14)17)18-16(22)11-19-7-9-20(10-8-19)13(2)21/h3-6,12H,7-11H2,1-2H3,(H,18,22)/t12-/m0/s1. The van der Waals surface area contributed by atoms with Gasteiger partial charge in [0.2, 0.25) is 11.8 Å². The van der Waals surface area contributed by atoms with Crippen LogP contribution in [0.5, 0.6) is 0 Å². The monoisotopic (exact) mass is 323 g/mol. The van der Waals surface area contributed by atoms with E-state index in [0.29, 0.717) is 24.7 Å². The van der Waals surface area contributed by atoms with E-state index < -0.39 is 0 Å². The van der Waals surface area contributed by atoms with Crippen molar-refractivity contribution in [2.75, 3.05) is 32.7 Å². The molecule has 120 valence electrons. The molecule has 0 aliphatic carbocycles. The lowest BCUT2D eigenvalue weighted by Crippen LogP contribution is -2.50. The largest absolute Gasteiger partial charge is 0.348 e. The van der Waals surface area contributed by atoms with Gasteiger partial charge in [0, 0.05) is 38.1 Å². The third-order valence-electron chi connectivity index (χ3n) is 3.93. The number of nitrogens with zero attached hydrogens (tertiary/aromatic N) is 2. The van der Waals surface area contributed by atoms with Gasteiger partial charge < -0.3 is 10.2 Å². The Morgan fingerprint density at radius 3 is 2.45 bits per heavy atom. The lowest BCUT2D eigenvalue weighted by Gasteiger charge is -2.33. The van der Waals surface area contributed by atoms with Crippen molar-refractivity contribution in [2.24, 2.45) is 0 Å². The predicted molar refractivity (Wildman–Crippen MR) is 86.7 cm³/mol. The highest BCUT2D eigenvalue weighted by Gasteiger charge is 2.21. The van der Waals surface area contributed by atoms with Crippen LogP contribution in [-0.4, -0.2) is 54.3 Å². The summed E-state index contributed by atoms with van der Waals surface area (Å²) in [6, 6.07) is 7.39. The fourth-order valence-electron chi connectivity index (χ4n) is 2.62. The van der Waals surface area contributed by atoms with E-state index in [-0.39, 0.29) is 17.9 Å². The number of nitrogens with one attached hydrogen (secondary N) is 1. The zero-order valence-corrected chi connectivity index (χ0v) is 13.8. The molecule has 1 atom stereocenters. The highest BCUT2D eigenvalue weighted by molar-refractivity contribution is 6.31. The minimum absolute atomic E-state index is 0.0244. The molecule has 1 aromatic carbocycles. The Morgan fingerprint density at radius 2 is 1.86 bits per heavy atom. The molecule has 0 bridgehead atoms. The molecule has 2 amide bonds. The average Bonchev–Trinajstić information content (AvgIpc) is 2.48. The number of hydrogen-bond donors (Lipinski definition) is 1. The number of hydrogen-bond acceptors (Lipinski definition) is 3. The third kappa shape index (κ3) is 4.45. The highest BCUT2D eigenvalue weighted by Crippen LogP contribution is 2.21. The molecule has 1 fully saturated rings. The van der Waals surface area contributed by atoms with Gasteiger partial charge in [0.1, 0.15) is 0 Å². The molecule has 1 aliphatic rings. The van der Waals surface area contributed by atoms with Crippen LogP contribution in [0.3, 0.4) is 0 Å². The quantitative estimate of drug-likeness (QED) is 0.917. The molecular weight excluding hydrogens is 302 g/mol. The fraction of sp³-hybridized carbons (Fsp3) is 0.500. The smallest absolute Gasteiger partial charge is 0.234 e. The molecule has 0 aromatic heterocycles. The second kappa shape index (κ2) is 7.61.